The molecular weight excluding hydrogens is 394 g/mol. The van der Waals surface area contributed by atoms with E-state index in [-0.39, 0.29) is 11.7 Å². The van der Waals surface area contributed by atoms with Crippen molar-refractivity contribution >= 4 is 29.3 Å². The van der Waals surface area contributed by atoms with Crippen LogP contribution < -0.4 is 0 Å². The SMILES string of the molecule is Cc1nc(SCC(=O)N(C)Cc2ccc(-c3ccc(Cl)cc3)o2)nc(C)c1C. The molecular formula is C21H22ClN3O2S. The molecule has 7 heteroatoms. The van der Waals surface area contributed by atoms with Crippen molar-refractivity contribution in [2.45, 2.75) is 32.5 Å². The molecule has 1 amide bonds. The maximum absolute atomic E-state index is 12.5. The predicted molar refractivity (Wildman–Crippen MR) is 113 cm³/mol. The number of hydrogen-bond acceptors (Lipinski definition) is 5. The fraction of sp³-hybridized carbons (Fsp3) is 0.286. The van der Waals surface area contributed by atoms with Gasteiger partial charge in [0.25, 0.3) is 0 Å². The van der Waals surface area contributed by atoms with Crippen LogP contribution in [0.2, 0.25) is 5.02 Å². The zero-order chi connectivity index (χ0) is 20.3. The first-order valence-corrected chi connectivity index (χ1v) is 10.2. The largest absolute Gasteiger partial charge is 0.459 e. The fourth-order valence-electron chi connectivity index (χ4n) is 2.60. The molecule has 0 aliphatic heterocycles. The van der Waals surface area contributed by atoms with Crippen molar-refractivity contribution in [1.29, 1.82) is 0 Å². The quantitative estimate of drug-likeness (QED) is 0.415. The second-order valence-electron chi connectivity index (χ2n) is 6.61. The Bertz CT molecular complexity index is 963. The highest BCUT2D eigenvalue weighted by molar-refractivity contribution is 7.99. The molecule has 3 rings (SSSR count). The van der Waals surface area contributed by atoms with Crippen molar-refractivity contribution in [3.63, 3.8) is 0 Å². The van der Waals surface area contributed by atoms with Crippen molar-refractivity contribution in [2.75, 3.05) is 12.8 Å². The highest BCUT2D eigenvalue weighted by Crippen LogP contribution is 2.24. The Balaban J connectivity index is 1.58. The lowest BCUT2D eigenvalue weighted by atomic mass is 10.2. The summed E-state index contributed by atoms with van der Waals surface area (Å²) in [4.78, 5) is 23.0. The smallest absolute Gasteiger partial charge is 0.233 e. The minimum absolute atomic E-state index is 0.00563. The molecule has 0 saturated heterocycles. The van der Waals surface area contributed by atoms with E-state index in [2.05, 4.69) is 9.97 Å². The lowest BCUT2D eigenvalue weighted by Crippen LogP contribution is -2.27. The molecule has 0 fully saturated rings. The van der Waals surface area contributed by atoms with Crippen molar-refractivity contribution < 1.29 is 9.21 Å². The summed E-state index contributed by atoms with van der Waals surface area (Å²) < 4.78 is 5.87. The van der Waals surface area contributed by atoms with Crippen LogP contribution in [-0.4, -0.2) is 33.6 Å². The first-order chi connectivity index (χ1) is 13.3. The molecule has 28 heavy (non-hydrogen) atoms. The van der Waals surface area contributed by atoms with Crippen LogP contribution in [-0.2, 0) is 11.3 Å². The van der Waals surface area contributed by atoms with E-state index in [1.165, 1.54) is 11.8 Å². The highest BCUT2D eigenvalue weighted by atomic mass is 35.5. The standard InChI is InChI=1S/C21H22ClN3O2S/c1-13-14(2)23-21(24-15(13)3)28-12-20(26)25(4)11-18-9-10-19(27-18)16-5-7-17(22)8-6-16/h5-10H,11-12H2,1-4H3. The van der Waals surface area contributed by atoms with Gasteiger partial charge in [-0.2, -0.15) is 0 Å². The van der Waals surface area contributed by atoms with Crippen LogP contribution in [0.1, 0.15) is 22.7 Å². The van der Waals surface area contributed by atoms with Crippen molar-refractivity contribution in [3.8, 4) is 11.3 Å². The summed E-state index contributed by atoms with van der Waals surface area (Å²) in [5.41, 5.74) is 3.92. The zero-order valence-electron chi connectivity index (χ0n) is 16.3. The maximum Gasteiger partial charge on any atom is 0.233 e. The van der Waals surface area contributed by atoms with E-state index in [1.54, 1.807) is 11.9 Å². The summed E-state index contributed by atoms with van der Waals surface area (Å²) in [5, 5.41) is 1.31. The Labute approximate surface area is 174 Å². The first kappa shape index (κ1) is 20.4. The number of aromatic nitrogens is 2. The lowest BCUT2D eigenvalue weighted by Gasteiger charge is -2.15. The minimum atomic E-state index is -0.00563. The zero-order valence-corrected chi connectivity index (χ0v) is 17.9. The molecule has 0 N–H and O–H groups in total. The van der Waals surface area contributed by atoms with Gasteiger partial charge in [0.05, 0.1) is 12.3 Å². The number of nitrogens with zero attached hydrogens (tertiary/aromatic N) is 3. The van der Waals surface area contributed by atoms with Gasteiger partial charge in [0, 0.05) is 29.0 Å². The van der Waals surface area contributed by atoms with Crippen LogP contribution in [0.3, 0.4) is 0 Å². The Kier molecular flexibility index (Phi) is 6.42. The number of hydrogen-bond donors (Lipinski definition) is 0. The van der Waals surface area contributed by atoms with Gasteiger partial charge in [0.1, 0.15) is 11.5 Å². The van der Waals surface area contributed by atoms with Crippen LogP contribution in [0.25, 0.3) is 11.3 Å². The molecule has 146 valence electrons. The number of aryl methyl sites for hydroxylation is 2. The van der Waals surface area contributed by atoms with Gasteiger partial charge in [0.15, 0.2) is 5.16 Å². The van der Waals surface area contributed by atoms with Crippen molar-refractivity contribution in [1.82, 2.24) is 14.9 Å². The van der Waals surface area contributed by atoms with Crippen LogP contribution >= 0.6 is 23.4 Å². The summed E-state index contributed by atoms with van der Waals surface area (Å²) in [7, 11) is 1.76. The third-order valence-electron chi connectivity index (χ3n) is 4.55. The Morgan fingerprint density at radius 1 is 1.07 bits per heavy atom. The normalized spacial score (nSPS) is 10.9. The van der Waals surface area contributed by atoms with Crippen LogP contribution in [0.5, 0.6) is 0 Å². The lowest BCUT2D eigenvalue weighted by molar-refractivity contribution is -0.127. The van der Waals surface area contributed by atoms with Gasteiger partial charge in [-0.3, -0.25) is 4.79 Å². The van der Waals surface area contributed by atoms with Crippen LogP contribution in [0.15, 0.2) is 46.0 Å². The number of carbonyl (C=O) groups excluding carboxylic acids is 1. The van der Waals surface area contributed by atoms with Gasteiger partial charge in [0.2, 0.25) is 5.91 Å². The van der Waals surface area contributed by atoms with Gasteiger partial charge in [-0.25, -0.2) is 9.97 Å². The van der Waals surface area contributed by atoms with Crippen LogP contribution in [0.4, 0.5) is 0 Å². The van der Waals surface area contributed by atoms with Gasteiger partial charge < -0.3 is 9.32 Å². The van der Waals surface area contributed by atoms with E-state index in [0.29, 0.717) is 16.7 Å². The molecule has 0 radical (unpaired) electrons. The molecule has 2 aromatic heterocycles. The molecule has 5 nitrogen and oxygen atoms in total. The maximum atomic E-state index is 12.5. The molecule has 3 aromatic rings. The number of benzene rings is 1. The molecule has 1 aromatic carbocycles. The molecule has 0 bridgehead atoms. The summed E-state index contributed by atoms with van der Waals surface area (Å²) in [6, 6.07) is 11.2. The van der Waals surface area contributed by atoms with Crippen LogP contribution in [0, 0.1) is 20.8 Å². The number of carbonyl (C=O) groups is 1. The van der Waals surface area contributed by atoms with Gasteiger partial charge in [-0.1, -0.05) is 23.4 Å². The Morgan fingerprint density at radius 3 is 2.36 bits per heavy atom. The van der Waals surface area contributed by atoms with E-state index in [9.17, 15) is 4.79 Å². The molecule has 0 atom stereocenters. The topological polar surface area (TPSA) is 59.2 Å². The summed E-state index contributed by atoms with van der Waals surface area (Å²) in [6.07, 6.45) is 0. The molecule has 0 spiro atoms. The van der Waals surface area contributed by atoms with Crippen molar-refractivity contribution in [3.05, 3.63) is 64.1 Å². The van der Waals surface area contributed by atoms with Gasteiger partial charge >= 0.3 is 0 Å². The molecule has 2 heterocycles. The second-order valence-corrected chi connectivity index (χ2v) is 7.99. The highest BCUT2D eigenvalue weighted by Gasteiger charge is 2.14. The van der Waals surface area contributed by atoms with E-state index >= 15 is 0 Å². The second kappa shape index (κ2) is 8.80. The first-order valence-electron chi connectivity index (χ1n) is 8.86. The number of rotatable bonds is 6. The molecule has 0 unspecified atom stereocenters. The van der Waals surface area contributed by atoms with E-state index in [4.69, 9.17) is 16.0 Å². The fourth-order valence-corrected chi connectivity index (χ4v) is 3.60. The summed E-state index contributed by atoms with van der Waals surface area (Å²) >= 11 is 7.27. The average Bonchev–Trinajstić information content (AvgIpc) is 3.13. The van der Waals surface area contributed by atoms with E-state index in [1.807, 2.05) is 57.2 Å². The molecule has 0 aliphatic rings. The molecule has 0 saturated carbocycles. The van der Waals surface area contributed by atoms with Gasteiger partial charge in [-0.15, -0.1) is 0 Å². The predicted octanol–water partition coefficient (Wildman–Crippen LogP) is 5.07. The summed E-state index contributed by atoms with van der Waals surface area (Å²) in [6.45, 7) is 6.31. The van der Waals surface area contributed by atoms with E-state index in [0.717, 1.165) is 34.0 Å². The minimum Gasteiger partial charge on any atom is -0.459 e. The van der Waals surface area contributed by atoms with Gasteiger partial charge in [-0.05, 0) is 62.7 Å². The number of furan rings is 1. The van der Waals surface area contributed by atoms with Crippen molar-refractivity contribution in [2.24, 2.45) is 0 Å². The Hall–Kier alpha value is -2.31. The number of thioether (sulfide) groups is 1. The Morgan fingerprint density at radius 2 is 1.71 bits per heavy atom. The molecule has 0 aliphatic carbocycles. The third kappa shape index (κ3) is 4.94. The monoisotopic (exact) mass is 415 g/mol. The third-order valence-corrected chi connectivity index (χ3v) is 5.63. The van der Waals surface area contributed by atoms with E-state index < -0.39 is 0 Å². The number of amides is 1. The average molecular weight is 416 g/mol. The number of halogens is 1. The summed E-state index contributed by atoms with van der Waals surface area (Å²) in [5.74, 6) is 1.75.